The molecule has 0 aromatic heterocycles. The molecular weight excluding hydrogens is 277 g/mol. The summed E-state index contributed by atoms with van der Waals surface area (Å²) in [6, 6.07) is 9.74. The van der Waals surface area contributed by atoms with Gasteiger partial charge in [0.15, 0.2) is 0 Å². The number of benzene rings is 1. The predicted molar refractivity (Wildman–Crippen MR) is 80.5 cm³/mol. The fourth-order valence-electron chi connectivity index (χ4n) is 2.59. The van der Waals surface area contributed by atoms with Crippen LogP contribution in [0.25, 0.3) is 0 Å². The fourth-order valence-corrected chi connectivity index (χ4v) is 2.59. The maximum Gasteiger partial charge on any atom is 0.401 e. The number of alkyl halides is 3. The zero-order valence-corrected chi connectivity index (χ0v) is 13.0. The smallest absolute Gasteiger partial charge is 0.316 e. The van der Waals surface area contributed by atoms with Crippen LogP contribution in [0.15, 0.2) is 30.3 Å². The van der Waals surface area contributed by atoms with Gasteiger partial charge in [0.25, 0.3) is 0 Å². The molecule has 1 unspecified atom stereocenters. The molecule has 0 aliphatic heterocycles. The highest BCUT2D eigenvalue weighted by atomic mass is 19.4. The number of likely N-dealkylation sites (N-methyl/N-ethyl adjacent to an activating group) is 1. The van der Waals surface area contributed by atoms with Crippen molar-refractivity contribution in [1.29, 1.82) is 0 Å². The second kappa shape index (κ2) is 7.80. The third-order valence-corrected chi connectivity index (χ3v) is 3.48. The van der Waals surface area contributed by atoms with Gasteiger partial charge in [-0.15, -0.1) is 0 Å². The number of hydrogen-bond donors (Lipinski definition) is 1. The molecule has 0 saturated carbocycles. The van der Waals surface area contributed by atoms with Crippen LogP contribution in [0.4, 0.5) is 13.2 Å². The van der Waals surface area contributed by atoms with Gasteiger partial charge < -0.3 is 5.32 Å². The lowest BCUT2D eigenvalue weighted by atomic mass is 9.81. The van der Waals surface area contributed by atoms with E-state index in [2.05, 4.69) is 12.2 Å². The van der Waals surface area contributed by atoms with E-state index in [0.717, 1.165) is 18.5 Å². The highest BCUT2D eigenvalue weighted by Gasteiger charge is 2.33. The normalized spacial score (nSPS) is 15.2. The van der Waals surface area contributed by atoms with Crippen LogP contribution in [0.5, 0.6) is 0 Å². The maximum atomic E-state index is 12.5. The molecule has 1 aromatic carbocycles. The molecular formula is C16H25F3N2. The monoisotopic (exact) mass is 302 g/mol. The molecule has 0 heterocycles. The van der Waals surface area contributed by atoms with Crippen LogP contribution in [0, 0.1) is 0 Å². The van der Waals surface area contributed by atoms with Gasteiger partial charge >= 0.3 is 6.18 Å². The quantitative estimate of drug-likeness (QED) is 0.740. The van der Waals surface area contributed by atoms with Crippen molar-refractivity contribution in [2.75, 3.05) is 33.2 Å². The van der Waals surface area contributed by atoms with Gasteiger partial charge in [-0.2, -0.15) is 13.2 Å². The van der Waals surface area contributed by atoms with Crippen molar-refractivity contribution in [3.63, 3.8) is 0 Å². The lowest BCUT2D eigenvalue weighted by Gasteiger charge is -2.35. The Kier molecular flexibility index (Phi) is 6.68. The van der Waals surface area contributed by atoms with E-state index in [1.807, 2.05) is 37.3 Å². The van der Waals surface area contributed by atoms with Crippen LogP contribution < -0.4 is 5.32 Å². The predicted octanol–water partition coefficient (Wildman–Crippen LogP) is 3.44. The minimum absolute atomic E-state index is 0.351. The minimum Gasteiger partial charge on any atom is -0.316 e. The van der Waals surface area contributed by atoms with Crippen LogP contribution in [0.1, 0.15) is 25.8 Å². The van der Waals surface area contributed by atoms with E-state index in [4.69, 9.17) is 0 Å². The first kappa shape index (κ1) is 18.0. The summed E-state index contributed by atoms with van der Waals surface area (Å²) < 4.78 is 37.6. The summed E-state index contributed by atoms with van der Waals surface area (Å²) in [7, 11) is 1.52. The molecule has 1 rings (SSSR count). The van der Waals surface area contributed by atoms with Gasteiger partial charge in [-0.05, 0) is 25.6 Å². The molecule has 1 N–H and O–H groups in total. The van der Waals surface area contributed by atoms with Crippen LogP contribution >= 0.6 is 0 Å². The van der Waals surface area contributed by atoms with Gasteiger partial charge in [-0.3, -0.25) is 4.90 Å². The van der Waals surface area contributed by atoms with E-state index in [1.54, 1.807) is 0 Å². The Bertz CT molecular complexity index is 406. The number of nitrogens with zero attached hydrogens (tertiary/aromatic N) is 1. The summed E-state index contributed by atoms with van der Waals surface area (Å²) >= 11 is 0. The highest BCUT2D eigenvalue weighted by molar-refractivity contribution is 5.25. The SMILES string of the molecule is CCCNCC(C)(CN(C)CC(F)(F)F)c1ccccc1. The Morgan fingerprint density at radius 1 is 1.10 bits per heavy atom. The van der Waals surface area contributed by atoms with Crippen LogP contribution in [0.2, 0.25) is 0 Å². The molecule has 120 valence electrons. The highest BCUT2D eigenvalue weighted by Crippen LogP contribution is 2.25. The number of hydrogen-bond acceptors (Lipinski definition) is 2. The molecule has 0 bridgehead atoms. The first-order chi connectivity index (χ1) is 9.77. The second-order valence-corrected chi connectivity index (χ2v) is 5.89. The zero-order chi connectivity index (χ0) is 15.9. The Balaban J connectivity index is 2.81. The van der Waals surface area contributed by atoms with Crippen molar-refractivity contribution >= 4 is 0 Å². The van der Waals surface area contributed by atoms with Crippen molar-refractivity contribution in [1.82, 2.24) is 10.2 Å². The summed E-state index contributed by atoms with van der Waals surface area (Å²) in [5, 5.41) is 3.33. The number of nitrogens with one attached hydrogen (secondary N) is 1. The molecule has 0 radical (unpaired) electrons. The zero-order valence-electron chi connectivity index (χ0n) is 13.0. The van der Waals surface area contributed by atoms with Crippen molar-refractivity contribution < 1.29 is 13.2 Å². The maximum absolute atomic E-state index is 12.5. The average Bonchev–Trinajstić information content (AvgIpc) is 2.37. The molecule has 0 fully saturated rings. The molecule has 2 nitrogen and oxygen atoms in total. The molecule has 0 amide bonds. The molecule has 1 atom stereocenters. The van der Waals surface area contributed by atoms with Crippen LogP contribution in [-0.4, -0.2) is 44.3 Å². The Hall–Kier alpha value is -1.07. The van der Waals surface area contributed by atoms with Crippen molar-refractivity contribution in [2.24, 2.45) is 0 Å². The average molecular weight is 302 g/mol. The van der Waals surface area contributed by atoms with E-state index in [-0.39, 0.29) is 5.41 Å². The third-order valence-electron chi connectivity index (χ3n) is 3.48. The first-order valence-corrected chi connectivity index (χ1v) is 7.28. The molecule has 0 aliphatic rings. The van der Waals surface area contributed by atoms with E-state index in [1.165, 1.54) is 11.9 Å². The standard InChI is InChI=1S/C16H25F3N2/c1-4-10-20-11-15(2,14-8-6-5-7-9-14)12-21(3)13-16(17,18)19/h5-9,20H,4,10-13H2,1-3H3. The molecule has 0 saturated heterocycles. The number of halogens is 3. The second-order valence-electron chi connectivity index (χ2n) is 5.89. The summed E-state index contributed by atoms with van der Waals surface area (Å²) in [5.74, 6) is 0. The summed E-state index contributed by atoms with van der Waals surface area (Å²) in [6.45, 7) is 5.08. The lowest BCUT2D eigenvalue weighted by molar-refractivity contribution is -0.144. The van der Waals surface area contributed by atoms with Crippen LogP contribution in [0.3, 0.4) is 0 Å². The molecule has 21 heavy (non-hydrogen) atoms. The lowest BCUT2D eigenvalue weighted by Crippen LogP contribution is -2.46. The van der Waals surface area contributed by atoms with Gasteiger partial charge in [0, 0.05) is 18.5 Å². The van der Waals surface area contributed by atoms with Gasteiger partial charge in [0.2, 0.25) is 0 Å². The molecule has 0 aliphatic carbocycles. The van der Waals surface area contributed by atoms with E-state index in [0.29, 0.717) is 13.1 Å². The summed E-state index contributed by atoms with van der Waals surface area (Å²) in [4.78, 5) is 1.35. The molecule has 5 heteroatoms. The largest absolute Gasteiger partial charge is 0.401 e. The van der Waals surface area contributed by atoms with Gasteiger partial charge in [-0.1, -0.05) is 44.2 Å². The van der Waals surface area contributed by atoms with Gasteiger partial charge in [0.05, 0.1) is 6.54 Å². The first-order valence-electron chi connectivity index (χ1n) is 7.28. The number of rotatable bonds is 8. The third kappa shape index (κ3) is 6.48. The summed E-state index contributed by atoms with van der Waals surface area (Å²) in [5.41, 5.74) is 0.707. The van der Waals surface area contributed by atoms with Crippen molar-refractivity contribution in [3.8, 4) is 0 Å². The minimum atomic E-state index is -4.16. The van der Waals surface area contributed by atoms with Crippen molar-refractivity contribution in [3.05, 3.63) is 35.9 Å². The Labute approximate surface area is 125 Å². The van der Waals surface area contributed by atoms with E-state index < -0.39 is 12.7 Å². The van der Waals surface area contributed by atoms with Gasteiger partial charge in [-0.25, -0.2) is 0 Å². The van der Waals surface area contributed by atoms with E-state index in [9.17, 15) is 13.2 Å². The Morgan fingerprint density at radius 3 is 2.24 bits per heavy atom. The van der Waals surface area contributed by atoms with Crippen LogP contribution in [-0.2, 0) is 5.41 Å². The topological polar surface area (TPSA) is 15.3 Å². The summed E-state index contributed by atoms with van der Waals surface area (Å²) in [6.07, 6.45) is -3.16. The molecule has 1 aromatic rings. The van der Waals surface area contributed by atoms with Gasteiger partial charge in [0.1, 0.15) is 0 Å². The van der Waals surface area contributed by atoms with E-state index >= 15 is 0 Å². The molecule has 0 spiro atoms. The van der Waals surface area contributed by atoms with Crippen molar-refractivity contribution in [2.45, 2.75) is 31.9 Å². The fraction of sp³-hybridized carbons (Fsp3) is 0.625. The Morgan fingerprint density at radius 2 is 1.71 bits per heavy atom.